The monoisotopic (exact) mass is 268 g/mol. The molecule has 2 aromatic carbocycles. The largest absolute Gasteiger partial charge is 0.489 e. The third-order valence-corrected chi connectivity index (χ3v) is 2.71. The second-order valence-corrected chi connectivity index (χ2v) is 4.06. The number of hydrogen-bond donors (Lipinski definition) is 2. The lowest BCUT2D eigenvalue weighted by Crippen LogP contribution is -2.18. The van der Waals surface area contributed by atoms with E-state index in [1.165, 1.54) is 0 Å². The van der Waals surface area contributed by atoms with Crippen LogP contribution in [0.15, 0.2) is 48.5 Å². The van der Waals surface area contributed by atoms with Crippen molar-refractivity contribution in [2.24, 2.45) is 0 Å². The topological polar surface area (TPSA) is 82.3 Å². The molecule has 0 bridgehead atoms. The van der Waals surface area contributed by atoms with Crippen LogP contribution in [0.5, 0.6) is 5.75 Å². The van der Waals surface area contributed by atoms with Gasteiger partial charge in [0.1, 0.15) is 12.4 Å². The van der Waals surface area contributed by atoms with E-state index >= 15 is 0 Å². The van der Waals surface area contributed by atoms with E-state index in [0.717, 1.165) is 5.56 Å². The van der Waals surface area contributed by atoms with Gasteiger partial charge in [0, 0.05) is 5.56 Å². The second-order valence-electron chi connectivity index (χ2n) is 4.06. The number of nitriles is 1. The van der Waals surface area contributed by atoms with E-state index in [-0.39, 0.29) is 0 Å². The van der Waals surface area contributed by atoms with Crippen LogP contribution in [-0.4, -0.2) is 11.1 Å². The van der Waals surface area contributed by atoms with Gasteiger partial charge in [0.15, 0.2) is 0 Å². The number of carbonyl (C=O) groups is 1. The molecule has 2 rings (SSSR count). The number of rotatable bonds is 4. The van der Waals surface area contributed by atoms with Crippen LogP contribution in [0.1, 0.15) is 21.5 Å². The molecule has 0 saturated carbocycles. The van der Waals surface area contributed by atoms with Gasteiger partial charge in [-0.3, -0.25) is 10.0 Å². The summed E-state index contributed by atoms with van der Waals surface area (Å²) in [5.41, 5.74) is 3.46. The fourth-order valence-corrected chi connectivity index (χ4v) is 1.61. The van der Waals surface area contributed by atoms with E-state index in [4.69, 9.17) is 15.2 Å². The standard InChI is InChI=1S/C15H12N2O3/c16-9-11-1-3-12(4-2-11)10-20-14-7-5-13(6-8-14)15(18)17-19/h1-8,19H,10H2,(H,17,18). The molecule has 0 aliphatic heterocycles. The molecule has 0 aromatic heterocycles. The van der Waals surface area contributed by atoms with Crippen molar-refractivity contribution in [2.75, 3.05) is 0 Å². The van der Waals surface area contributed by atoms with Crippen molar-refractivity contribution in [3.63, 3.8) is 0 Å². The molecule has 0 aliphatic rings. The fraction of sp³-hybridized carbons (Fsp3) is 0.0667. The third-order valence-electron chi connectivity index (χ3n) is 2.71. The summed E-state index contributed by atoms with van der Waals surface area (Å²) >= 11 is 0. The quantitative estimate of drug-likeness (QED) is 0.658. The Labute approximate surface area is 116 Å². The molecule has 0 aliphatic carbocycles. The number of amides is 1. The van der Waals surface area contributed by atoms with Gasteiger partial charge < -0.3 is 4.74 Å². The zero-order valence-corrected chi connectivity index (χ0v) is 10.5. The van der Waals surface area contributed by atoms with Gasteiger partial charge in [-0.1, -0.05) is 12.1 Å². The van der Waals surface area contributed by atoms with E-state index in [1.54, 1.807) is 41.9 Å². The van der Waals surface area contributed by atoms with Crippen LogP contribution in [0.3, 0.4) is 0 Å². The Bertz CT molecular complexity index is 628. The molecule has 1 amide bonds. The summed E-state index contributed by atoms with van der Waals surface area (Å²) in [4.78, 5) is 11.1. The highest BCUT2D eigenvalue weighted by Gasteiger charge is 2.03. The molecule has 0 saturated heterocycles. The normalized spacial score (nSPS) is 9.60. The number of nitrogens with one attached hydrogen (secondary N) is 1. The van der Waals surface area contributed by atoms with E-state index < -0.39 is 5.91 Å². The van der Waals surface area contributed by atoms with Crippen LogP contribution in [-0.2, 0) is 6.61 Å². The third kappa shape index (κ3) is 3.34. The highest BCUT2D eigenvalue weighted by molar-refractivity contribution is 5.93. The van der Waals surface area contributed by atoms with E-state index in [1.807, 2.05) is 12.1 Å². The van der Waals surface area contributed by atoms with Gasteiger partial charge in [-0.25, -0.2) is 5.48 Å². The first-order chi connectivity index (χ1) is 9.72. The van der Waals surface area contributed by atoms with Crippen LogP contribution in [0.2, 0.25) is 0 Å². The second kappa shape index (κ2) is 6.36. The summed E-state index contributed by atoms with van der Waals surface area (Å²) in [5, 5.41) is 17.2. The number of ether oxygens (including phenoxy) is 1. The molecule has 2 aromatic rings. The van der Waals surface area contributed by atoms with Gasteiger partial charge in [-0.15, -0.1) is 0 Å². The molecule has 0 radical (unpaired) electrons. The van der Waals surface area contributed by atoms with Crippen molar-refractivity contribution in [1.29, 1.82) is 5.26 Å². The summed E-state index contributed by atoms with van der Waals surface area (Å²) < 4.78 is 5.56. The lowest BCUT2D eigenvalue weighted by molar-refractivity contribution is 0.0706. The zero-order chi connectivity index (χ0) is 14.4. The van der Waals surface area contributed by atoms with Gasteiger partial charge in [0.2, 0.25) is 0 Å². The number of carbonyl (C=O) groups excluding carboxylic acids is 1. The van der Waals surface area contributed by atoms with Crippen molar-refractivity contribution >= 4 is 5.91 Å². The lowest BCUT2D eigenvalue weighted by Gasteiger charge is -2.07. The Morgan fingerprint density at radius 2 is 1.80 bits per heavy atom. The predicted molar refractivity (Wildman–Crippen MR) is 71.2 cm³/mol. The number of hydrogen-bond acceptors (Lipinski definition) is 4. The minimum atomic E-state index is -0.566. The molecule has 20 heavy (non-hydrogen) atoms. The first-order valence-electron chi connectivity index (χ1n) is 5.89. The summed E-state index contributed by atoms with van der Waals surface area (Å²) in [6.45, 7) is 0.372. The van der Waals surface area contributed by atoms with Crippen LogP contribution >= 0.6 is 0 Å². The van der Waals surface area contributed by atoms with Crippen LogP contribution in [0.25, 0.3) is 0 Å². The van der Waals surface area contributed by atoms with E-state index in [0.29, 0.717) is 23.5 Å². The smallest absolute Gasteiger partial charge is 0.274 e. The Kier molecular flexibility index (Phi) is 4.32. The average molecular weight is 268 g/mol. The number of hydroxylamine groups is 1. The van der Waals surface area contributed by atoms with Crippen LogP contribution in [0.4, 0.5) is 0 Å². The molecule has 5 heteroatoms. The maximum Gasteiger partial charge on any atom is 0.274 e. The van der Waals surface area contributed by atoms with Crippen LogP contribution in [0, 0.1) is 11.3 Å². The maximum absolute atomic E-state index is 11.1. The molecule has 0 atom stereocenters. The van der Waals surface area contributed by atoms with Gasteiger partial charge in [0.25, 0.3) is 5.91 Å². The van der Waals surface area contributed by atoms with Crippen LogP contribution < -0.4 is 10.2 Å². The Hall–Kier alpha value is -2.84. The Balaban J connectivity index is 1.96. The van der Waals surface area contributed by atoms with Gasteiger partial charge in [-0.05, 0) is 42.0 Å². The molecular weight excluding hydrogens is 256 g/mol. The van der Waals surface area contributed by atoms with Gasteiger partial charge >= 0.3 is 0 Å². The predicted octanol–water partition coefficient (Wildman–Crippen LogP) is 2.26. The molecule has 0 unspecified atom stereocenters. The first-order valence-corrected chi connectivity index (χ1v) is 5.89. The zero-order valence-electron chi connectivity index (χ0n) is 10.5. The van der Waals surface area contributed by atoms with Crippen molar-refractivity contribution in [2.45, 2.75) is 6.61 Å². The summed E-state index contributed by atoms with van der Waals surface area (Å²) in [7, 11) is 0. The SMILES string of the molecule is N#Cc1ccc(COc2ccc(C(=O)NO)cc2)cc1. The summed E-state index contributed by atoms with van der Waals surface area (Å²) in [6, 6.07) is 15.6. The molecule has 2 N–H and O–H groups in total. The minimum absolute atomic E-state index is 0.346. The molecule has 0 spiro atoms. The van der Waals surface area contributed by atoms with E-state index in [2.05, 4.69) is 6.07 Å². The highest BCUT2D eigenvalue weighted by atomic mass is 16.5. The Morgan fingerprint density at radius 3 is 2.35 bits per heavy atom. The maximum atomic E-state index is 11.1. The van der Waals surface area contributed by atoms with Gasteiger partial charge in [-0.2, -0.15) is 5.26 Å². The molecule has 0 fully saturated rings. The molecule has 5 nitrogen and oxygen atoms in total. The number of nitrogens with zero attached hydrogens (tertiary/aromatic N) is 1. The van der Waals surface area contributed by atoms with Gasteiger partial charge in [0.05, 0.1) is 11.6 Å². The molecule has 0 heterocycles. The fourth-order valence-electron chi connectivity index (χ4n) is 1.61. The van der Waals surface area contributed by atoms with Crippen molar-refractivity contribution < 1.29 is 14.7 Å². The lowest BCUT2D eigenvalue weighted by atomic mass is 10.1. The summed E-state index contributed by atoms with van der Waals surface area (Å²) in [6.07, 6.45) is 0. The number of benzene rings is 2. The first kappa shape index (κ1) is 13.6. The van der Waals surface area contributed by atoms with Crippen molar-refractivity contribution in [1.82, 2.24) is 5.48 Å². The average Bonchev–Trinajstić information content (AvgIpc) is 2.53. The van der Waals surface area contributed by atoms with Crippen molar-refractivity contribution in [3.05, 3.63) is 65.2 Å². The Morgan fingerprint density at radius 1 is 1.15 bits per heavy atom. The molecule has 100 valence electrons. The van der Waals surface area contributed by atoms with E-state index in [9.17, 15) is 4.79 Å². The minimum Gasteiger partial charge on any atom is -0.489 e. The molecular formula is C15H12N2O3. The highest BCUT2D eigenvalue weighted by Crippen LogP contribution is 2.14. The van der Waals surface area contributed by atoms with Crippen molar-refractivity contribution in [3.8, 4) is 11.8 Å². The summed E-state index contributed by atoms with van der Waals surface area (Å²) in [5.74, 6) is 0.0486.